The van der Waals surface area contributed by atoms with Crippen LogP contribution >= 0.6 is 23.2 Å². The van der Waals surface area contributed by atoms with Crippen LogP contribution in [0.4, 0.5) is 11.4 Å². The van der Waals surface area contributed by atoms with E-state index in [2.05, 4.69) is 21.8 Å². The number of ether oxygens (including phenoxy) is 3. The third kappa shape index (κ3) is 5.21. The summed E-state index contributed by atoms with van der Waals surface area (Å²) >= 11 is 13.6. The quantitative estimate of drug-likeness (QED) is 0.167. The van der Waals surface area contributed by atoms with E-state index in [0.29, 0.717) is 73.9 Å². The lowest BCUT2D eigenvalue weighted by molar-refractivity contribution is -0.111. The summed E-state index contributed by atoms with van der Waals surface area (Å²) in [5.74, 6) is 1.13. The number of benzene rings is 2. The number of aliphatic hydroxyl groups is 1. The van der Waals surface area contributed by atoms with E-state index < -0.39 is 0 Å². The van der Waals surface area contributed by atoms with E-state index in [1.165, 1.54) is 20.3 Å². The van der Waals surface area contributed by atoms with Crippen molar-refractivity contribution in [3.63, 3.8) is 0 Å². The van der Waals surface area contributed by atoms with E-state index in [0.717, 1.165) is 29.4 Å². The number of rotatable bonds is 8. The Morgan fingerprint density at radius 2 is 1.64 bits per heavy atom. The van der Waals surface area contributed by atoms with Gasteiger partial charge in [0.25, 0.3) is 0 Å². The number of carbonyl (C=O) groups excluding carboxylic acids is 1. The normalized spacial score (nSPS) is 18.9. The molecule has 0 radical (unpaired) electrons. The van der Waals surface area contributed by atoms with E-state index in [1.54, 1.807) is 25.6 Å². The predicted octanol–water partition coefficient (Wildman–Crippen LogP) is 7.17. The van der Waals surface area contributed by atoms with Crippen molar-refractivity contribution in [2.75, 3.05) is 31.5 Å². The van der Waals surface area contributed by atoms with Gasteiger partial charge in [-0.1, -0.05) is 29.8 Å². The number of methoxy groups -OCH3 is 3. The molecule has 2 atom stereocenters. The van der Waals surface area contributed by atoms with Crippen LogP contribution in [0, 0.1) is 0 Å². The number of hydrogen-bond donors (Lipinski definition) is 2. The molecule has 2 aliphatic heterocycles. The van der Waals surface area contributed by atoms with E-state index >= 15 is 0 Å². The molecule has 2 fully saturated rings. The molecule has 2 unspecified atom stereocenters. The minimum Gasteiger partial charge on any atom is -0.496 e. The molecule has 2 bridgehead atoms. The van der Waals surface area contributed by atoms with Crippen molar-refractivity contribution in [2.24, 2.45) is 0 Å². The number of halogens is 2. The Kier molecular flexibility index (Phi) is 8.11. The van der Waals surface area contributed by atoms with Gasteiger partial charge in [-0.05, 0) is 50.0 Å². The summed E-state index contributed by atoms with van der Waals surface area (Å²) in [5.41, 5.74) is 5.48. The highest BCUT2D eigenvalue weighted by atomic mass is 35.5. The van der Waals surface area contributed by atoms with Gasteiger partial charge in [0.2, 0.25) is 5.91 Å². The van der Waals surface area contributed by atoms with Crippen LogP contribution in [0.2, 0.25) is 10.0 Å². The highest BCUT2D eigenvalue weighted by Crippen LogP contribution is 2.49. The van der Waals surface area contributed by atoms with E-state index in [1.807, 2.05) is 34.9 Å². The Bertz CT molecular complexity index is 2020. The number of fused-ring (bicyclic) bond motifs is 5. The van der Waals surface area contributed by atoms with Gasteiger partial charge in [0, 0.05) is 64.9 Å². The van der Waals surface area contributed by atoms with Gasteiger partial charge in [0.05, 0.1) is 60.1 Å². The number of aromatic nitrogens is 3. The standard InChI is InChI=1S/C35H33Cl2N5O5/c1-5-31(44)40-25-13-22(28(45-2)15-27(25)42-19-6-7-20(42)12-21(43)11-19)24-14-26-18(17-39-24)10-23(35-38-8-9-41(26)35)32-33(36)29(46-3)16-30(47-4)34(32)37/h5,8-10,13-17,19-21,43H,1,6-7,11-12H2,2-4H3,(H,40,44). The van der Waals surface area contributed by atoms with E-state index in [4.69, 9.17) is 42.4 Å². The average Bonchev–Trinajstić information content (AvgIpc) is 3.67. The first-order valence-electron chi connectivity index (χ1n) is 15.2. The molecule has 10 nitrogen and oxygen atoms in total. The zero-order valence-corrected chi connectivity index (χ0v) is 27.6. The van der Waals surface area contributed by atoms with E-state index in [-0.39, 0.29) is 24.1 Å². The second kappa shape index (κ2) is 12.3. The molecule has 242 valence electrons. The third-order valence-corrected chi connectivity index (χ3v) is 9.97. The van der Waals surface area contributed by atoms with Crippen molar-refractivity contribution >= 4 is 57.0 Å². The molecule has 5 aromatic rings. The SMILES string of the molecule is C=CC(=O)Nc1cc(-c2cc3c(cn2)cc(-c2c(Cl)c(OC)cc(OC)c2Cl)c2nccn23)c(OC)cc1N1C2CCC1CC(O)C2. The molecule has 2 N–H and O–H groups in total. The second-order valence-corrected chi connectivity index (χ2v) is 12.5. The monoisotopic (exact) mass is 673 g/mol. The lowest BCUT2D eigenvalue weighted by Gasteiger charge is -2.40. The smallest absolute Gasteiger partial charge is 0.247 e. The molecule has 7 rings (SSSR count). The van der Waals surface area contributed by atoms with Crippen LogP contribution < -0.4 is 24.4 Å². The number of pyridine rings is 2. The summed E-state index contributed by atoms with van der Waals surface area (Å²) in [4.78, 5) is 24.5. The molecule has 0 saturated carbocycles. The van der Waals surface area contributed by atoms with Gasteiger partial charge in [-0.3, -0.25) is 14.2 Å². The minimum atomic E-state index is -0.323. The Morgan fingerprint density at radius 3 is 2.28 bits per heavy atom. The highest BCUT2D eigenvalue weighted by molar-refractivity contribution is 6.41. The topological polar surface area (TPSA) is 110 Å². The van der Waals surface area contributed by atoms with Crippen LogP contribution in [0.1, 0.15) is 25.7 Å². The van der Waals surface area contributed by atoms with Crippen LogP contribution in [-0.2, 0) is 4.79 Å². The van der Waals surface area contributed by atoms with Gasteiger partial charge in [0.15, 0.2) is 0 Å². The zero-order chi connectivity index (χ0) is 33.0. The molecule has 5 heterocycles. The number of aliphatic hydroxyl groups excluding tert-OH is 1. The maximum Gasteiger partial charge on any atom is 0.247 e. The van der Waals surface area contributed by atoms with Gasteiger partial charge in [0.1, 0.15) is 22.9 Å². The summed E-state index contributed by atoms with van der Waals surface area (Å²) in [7, 11) is 4.69. The summed E-state index contributed by atoms with van der Waals surface area (Å²) < 4.78 is 18.9. The molecule has 3 aromatic heterocycles. The Morgan fingerprint density at radius 1 is 0.957 bits per heavy atom. The Balaban J connectivity index is 1.39. The van der Waals surface area contributed by atoms with Gasteiger partial charge in [-0.2, -0.15) is 0 Å². The summed E-state index contributed by atoms with van der Waals surface area (Å²) in [6, 6.07) is 9.75. The fourth-order valence-electron chi connectivity index (χ4n) is 7.12. The first kappa shape index (κ1) is 31.1. The van der Waals surface area contributed by atoms with Gasteiger partial charge in [-0.15, -0.1) is 0 Å². The average molecular weight is 675 g/mol. The summed E-state index contributed by atoms with van der Waals surface area (Å²) in [6.45, 7) is 3.65. The van der Waals surface area contributed by atoms with Crippen LogP contribution in [0.25, 0.3) is 38.9 Å². The second-order valence-electron chi connectivity index (χ2n) is 11.8. The van der Waals surface area contributed by atoms with E-state index in [9.17, 15) is 9.90 Å². The lowest BCUT2D eigenvalue weighted by atomic mass is 9.97. The fourth-order valence-corrected chi connectivity index (χ4v) is 7.83. The maximum atomic E-state index is 12.6. The van der Waals surface area contributed by atoms with Gasteiger partial charge in [-0.25, -0.2) is 4.98 Å². The van der Waals surface area contributed by atoms with Crippen molar-refractivity contribution in [1.82, 2.24) is 14.4 Å². The van der Waals surface area contributed by atoms with Gasteiger partial charge >= 0.3 is 0 Å². The number of nitrogens with zero attached hydrogens (tertiary/aromatic N) is 4. The number of amides is 1. The first-order chi connectivity index (χ1) is 22.8. The maximum absolute atomic E-state index is 12.6. The van der Waals surface area contributed by atoms with Crippen molar-refractivity contribution in [3.8, 4) is 39.6 Å². The molecular formula is C35H33Cl2N5O5. The Hall–Kier alpha value is -4.51. The first-order valence-corrected chi connectivity index (χ1v) is 16.0. The summed E-state index contributed by atoms with van der Waals surface area (Å²) in [5, 5.41) is 14.9. The van der Waals surface area contributed by atoms with Crippen LogP contribution in [0.15, 0.2) is 61.6 Å². The van der Waals surface area contributed by atoms with Crippen molar-refractivity contribution < 1.29 is 24.1 Å². The molecule has 47 heavy (non-hydrogen) atoms. The highest BCUT2D eigenvalue weighted by Gasteiger charge is 2.41. The molecule has 2 aliphatic rings. The number of hydrogen-bond acceptors (Lipinski definition) is 8. The molecular weight excluding hydrogens is 641 g/mol. The number of nitrogens with one attached hydrogen (secondary N) is 1. The van der Waals surface area contributed by atoms with Crippen molar-refractivity contribution in [3.05, 3.63) is 71.6 Å². The van der Waals surface area contributed by atoms with Crippen LogP contribution in [0.5, 0.6) is 17.2 Å². The third-order valence-electron chi connectivity index (χ3n) is 9.22. The number of anilines is 2. The molecule has 12 heteroatoms. The largest absolute Gasteiger partial charge is 0.496 e. The molecule has 2 saturated heterocycles. The molecule has 1 amide bonds. The fraction of sp³-hybridized carbons (Fsp3) is 0.286. The molecule has 2 aromatic carbocycles. The number of imidazole rings is 1. The van der Waals surface area contributed by atoms with Gasteiger partial charge < -0.3 is 29.5 Å². The molecule has 0 spiro atoms. The Labute approximate surface area is 281 Å². The van der Waals surface area contributed by atoms with Crippen molar-refractivity contribution in [2.45, 2.75) is 43.9 Å². The lowest BCUT2D eigenvalue weighted by Crippen LogP contribution is -2.45. The summed E-state index contributed by atoms with van der Waals surface area (Å²) in [6.07, 6.45) is 9.60. The predicted molar refractivity (Wildman–Crippen MR) is 184 cm³/mol. The van der Waals surface area contributed by atoms with Crippen LogP contribution in [-0.4, -0.2) is 64.9 Å². The van der Waals surface area contributed by atoms with Crippen LogP contribution in [0.3, 0.4) is 0 Å². The zero-order valence-electron chi connectivity index (χ0n) is 26.1. The number of piperidine rings is 1. The van der Waals surface area contributed by atoms with Crippen molar-refractivity contribution in [1.29, 1.82) is 0 Å². The number of carbonyl (C=O) groups is 1. The minimum absolute atomic E-state index is 0.174. The molecule has 0 aliphatic carbocycles.